The van der Waals surface area contributed by atoms with Crippen LogP contribution in [-0.4, -0.2) is 11.9 Å². The van der Waals surface area contributed by atoms with Gasteiger partial charge in [-0.2, -0.15) is 0 Å². The van der Waals surface area contributed by atoms with E-state index < -0.39 is 0 Å². The van der Waals surface area contributed by atoms with Crippen LogP contribution in [0, 0.1) is 11.8 Å². The number of allylic oxidation sites excluding steroid dienone is 2. The number of hydrogen-bond acceptors (Lipinski definition) is 1. The lowest BCUT2D eigenvalue weighted by atomic mass is 9.85. The summed E-state index contributed by atoms with van der Waals surface area (Å²) < 4.78 is 0. The van der Waals surface area contributed by atoms with Gasteiger partial charge in [-0.1, -0.05) is 31.9 Å². The van der Waals surface area contributed by atoms with Gasteiger partial charge >= 0.3 is 0 Å². The molecule has 16 heavy (non-hydrogen) atoms. The van der Waals surface area contributed by atoms with E-state index in [0.29, 0.717) is 17.9 Å². The number of rotatable bonds is 2. The summed E-state index contributed by atoms with van der Waals surface area (Å²) in [6.45, 7) is 2.27. The highest BCUT2D eigenvalue weighted by atomic mass is 16.1. The highest BCUT2D eigenvalue weighted by Gasteiger charge is 2.26. The lowest BCUT2D eigenvalue weighted by molar-refractivity contribution is -0.126. The molecule has 3 atom stereocenters. The summed E-state index contributed by atoms with van der Waals surface area (Å²) >= 11 is 0. The van der Waals surface area contributed by atoms with Crippen molar-refractivity contribution in [1.29, 1.82) is 0 Å². The number of nitrogens with one attached hydrogen (secondary N) is 1. The van der Waals surface area contributed by atoms with Crippen molar-refractivity contribution in [3.05, 3.63) is 12.2 Å². The zero-order chi connectivity index (χ0) is 11.4. The lowest BCUT2D eigenvalue weighted by Crippen LogP contribution is -2.43. The largest absolute Gasteiger partial charge is 0.353 e. The number of carbonyl (C=O) groups excluding carboxylic acids is 1. The summed E-state index contributed by atoms with van der Waals surface area (Å²) in [6.07, 6.45) is 12.4. The normalized spacial score (nSPS) is 34.7. The fourth-order valence-electron chi connectivity index (χ4n) is 2.86. The second-order valence-electron chi connectivity index (χ2n) is 5.36. The average molecular weight is 221 g/mol. The quantitative estimate of drug-likeness (QED) is 0.713. The van der Waals surface area contributed by atoms with Crippen LogP contribution in [-0.2, 0) is 4.79 Å². The Labute approximate surface area is 98.5 Å². The van der Waals surface area contributed by atoms with Crippen LogP contribution < -0.4 is 5.32 Å². The first kappa shape index (κ1) is 11.7. The van der Waals surface area contributed by atoms with Gasteiger partial charge in [0.15, 0.2) is 0 Å². The summed E-state index contributed by atoms with van der Waals surface area (Å²) in [7, 11) is 0. The monoisotopic (exact) mass is 221 g/mol. The highest BCUT2D eigenvalue weighted by Crippen LogP contribution is 2.25. The zero-order valence-electron chi connectivity index (χ0n) is 10.2. The molecule has 0 aliphatic heterocycles. The molecule has 0 aromatic rings. The van der Waals surface area contributed by atoms with E-state index in [9.17, 15) is 4.79 Å². The number of carbonyl (C=O) groups is 1. The van der Waals surface area contributed by atoms with Gasteiger partial charge in [0, 0.05) is 12.0 Å². The molecule has 1 fully saturated rings. The minimum atomic E-state index is 0.235. The Balaban J connectivity index is 1.83. The molecule has 2 rings (SSSR count). The molecule has 0 spiro atoms. The first-order chi connectivity index (χ1) is 7.77. The van der Waals surface area contributed by atoms with Crippen LogP contribution in [0.15, 0.2) is 12.2 Å². The minimum Gasteiger partial charge on any atom is -0.353 e. The fraction of sp³-hybridized carbons (Fsp3) is 0.786. The van der Waals surface area contributed by atoms with E-state index >= 15 is 0 Å². The van der Waals surface area contributed by atoms with E-state index in [2.05, 4.69) is 24.4 Å². The third-order valence-corrected chi connectivity index (χ3v) is 4.08. The third-order valence-electron chi connectivity index (χ3n) is 4.08. The molecule has 0 aromatic heterocycles. The van der Waals surface area contributed by atoms with Crippen molar-refractivity contribution < 1.29 is 4.79 Å². The molecule has 2 aliphatic carbocycles. The second kappa shape index (κ2) is 5.51. The summed E-state index contributed by atoms with van der Waals surface area (Å²) in [4.78, 5) is 12.1. The van der Waals surface area contributed by atoms with Crippen LogP contribution in [0.1, 0.15) is 51.9 Å². The molecule has 0 heterocycles. The van der Waals surface area contributed by atoms with E-state index in [1.54, 1.807) is 0 Å². The predicted octanol–water partition coefficient (Wildman–Crippen LogP) is 3.04. The minimum absolute atomic E-state index is 0.235. The van der Waals surface area contributed by atoms with E-state index in [-0.39, 0.29) is 5.92 Å². The van der Waals surface area contributed by atoms with Gasteiger partial charge in [0.2, 0.25) is 5.91 Å². The van der Waals surface area contributed by atoms with Crippen molar-refractivity contribution in [3.63, 3.8) is 0 Å². The van der Waals surface area contributed by atoms with Gasteiger partial charge in [-0.3, -0.25) is 4.79 Å². The Hall–Kier alpha value is -0.790. The Bertz CT molecular complexity index is 272. The molecule has 1 amide bonds. The predicted molar refractivity (Wildman–Crippen MR) is 66.0 cm³/mol. The zero-order valence-corrected chi connectivity index (χ0v) is 10.2. The smallest absolute Gasteiger partial charge is 0.223 e. The van der Waals surface area contributed by atoms with Crippen LogP contribution in [0.4, 0.5) is 0 Å². The summed E-state index contributed by atoms with van der Waals surface area (Å²) in [5, 5.41) is 3.27. The van der Waals surface area contributed by atoms with E-state index in [4.69, 9.17) is 0 Å². The molecule has 2 nitrogen and oxygen atoms in total. The van der Waals surface area contributed by atoms with Gasteiger partial charge in [-0.15, -0.1) is 0 Å². The molecule has 1 saturated carbocycles. The number of hydrogen-bond donors (Lipinski definition) is 1. The SMILES string of the molecule is CC1CCCCC1NC(=O)C1CC=CCC1. The average Bonchev–Trinajstić information content (AvgIpc) is 2.33. The van der Waals surface area contributed by atoms with Gasteiger partial charge in [-0.05, 0) is 38.0 Å². The maximum atomic E-state index is 12.1. The molecule has 0 radical (unpaired) electrons. The van der Waals surface area contributed by atoms with Crippen LogP contribution in [0.3, 0.4) is 0 Å². The second-order valence-corrected chi connectivity index (χ2v) is 5.36. The van der Waals surface area contributed by atoms with Crippen molar-refractivity contribution >= 4 is 5.91 Å². The summed E-state index contributed by atoms with van der Waals surface area (Å²) in [6, 6.07) is 0.437. The van der Waals surface area contributed by atoms with Crippen molar-refractivity contribution in [2.24, 2.45) is 11.8 Å². The molecule has 2 aliphatic rings. The van der Waals surface area contributed by atoms with Gasteiger partial charge in [0.1, 0.15) is 0 Å². The Morgan fingerprint density at radius 1 is 1.19 bits per heavy atom. The maximum Gasteiger partial charge on any atom is 0.223 e. The summed E-state index contributed by atoms with van der Waals surface area (Å²) in [5.41, 5.74) is 0. The summed E-state index contributed by atoms with van der Waals surface area (Å²) in [5.74, 6) is 1.19. The molecular formula is C14H23NO. The van der Waals surface area contributed by atoms with Crippen molar-refractivity contribution in [1.82, 2.24) is 5.32 Å². The van der Waals surface area contributed by atoms with E-state index in [1.165, 1.54) is 25.7 Å². The topological polar surface area (TPSA) is 29.1 Å². The van der Waals surface area contributed by atoms with Gasteiger partial charge in [0.05, 0.1) is 0 Å². The maximum absolute atomic E-state index is 12.1. The van der Waals surface area contributed by atoms with Crippen LogP contribution >= 0.6 is 0 Å². The van der Waals surface area contributed by atoms with Crippen molar-refractivity contribution in [2.45, 2.75) is 57.9 Å². The molecule has 90 valence electrons. The first-order valence-corrected chi connectivity index (χ1v) is 6.72. The fourth-order valence-corrected chi connectivity index (χ4v) is 2.86. The Kier molecular flexibility index (Phi) is 4.03. The van der Waals surface area contributed by atoms with Gasteiger partial charge in [0.25, 0.3) is 0 Å². The molecule has 3 unspecified atom stereocenters. The van der Waals surface area contributed by atoms with Crippen LogP contribution in [0.5, 0.6) is 0 Å². The Morgan fingerprint density at radius 3 is 2.69 bits per heavy atom. The van der Waals surface area contributed by atoms with Crippen molar-refractivity contribution in [2.75, 3.05) is 0 Å². The first-order valence-electron chi connectivity index (χ1n) is 6.72. The van der Waals surface area contributed by atoms with Crippen LogP contribution in [0.2, 0.25) is 0 Å². The highest BCUT2D eigenvalue weighted by molar-refractivity contribution is 5.79. The molecule has 1 N–H and O–H groups in total. The third kappa shape index (κ3) is 2.87. The number of amides is 1. The Morgan fingerprint density at radius 2 is 2.00 bits per heavy atom. The standard InChI is InChI=1S/C14H23NO/c1-11-7-5-6-10-13(11)15-14(16)12-8-3-2-4-9-12/h2-3,11-13H,4-10H2,1H3,(H,15,16). The molecule has 2 heteroatoms. The lowest BCUT2D eigenvalue weighted by Gasteiger charge is -2.31. The molecule has 0 bridgehead atoms. The van der Waals surface area contributed by atoms with E-state index in [0.717, 1.165) is 19.3 Å². The molecular weight excluding hydrogens is 198 g/mol. The van der Waals surface area contributed by atoms with Gasteiger partial charge in [-0.25, -0.2) is 0 Å². The molecule has 0 saturated heterocycles. The van der Waals surface area contributed by atoms with Gasteiger partial charge < -0.3 is 5.32 Å². The van der Waals surface area contributed by atoms with Crippen molar-refractivity contribution in [3.8, 4) is 0 Å². The van der Waals surface area contributed by atoms with E-state index in [1.807, 2.05) is 0 Å². The van der Waals surface area contributed by atoms with Crippen LogP contribution in [0.25, 0.3) is 0 Å². The molecule has 0 aromatic carbocycles.